The normalized spacial score (nSPS) is 22.7. The van der Waals surface area contributed by atoms with E-state index in [9.17, 15) is 19.2 Å². The first-order chi connectivity index (χ1) is 14.4. The van der Waals surface area contributed by atoms with E-state index in [1.54, 1.807) is 30.3 Å². The summed E-state index contributed by atoms with van der Waals surface area (Å²) in [6.45, 7) is 1.48. The smallest absolute Gasteiger partial charge is 0.354 e. The van der Waals surface area contributed by atoms with Crippen molar-refractivity contribution in [2.75, 3.05) is 11.5 Å². The van der Waals surface area contributed by atoms with Gasteiger partial charge < -0.3 is 9.64 Å². The number of Topliss-reactive ketones (excluding diaryl/α,β-unsaturated/α-hetero) is 1. The highest BCUT2D eigenvalue weighted by Gasteiger charge is 2.64. The molecule has 0 unspecified atom stereocenters. The fraction of sp³-hybridized carbons (Fsp3) is 0.364. The van der Waals surface area contributed by atoms with Gasteiger partial charge in [0.05, 0.1) is 16.1 Å². The molecule has 3 aliphatic rings. The van der Waals surface area contributed by atoms with Gasteiger partial charge in [0.15, 0.2) is 6.61 Å². The Bertz CT molecular complexity index is 1090. The number of amides is 2. The Morgan fingerprint density at radius 1 is 1.17 bits per heavy atom. The third kappa shape index (κ3) is 2.70. The summed E-state index contributed by atoms with van der Waals surface area (Å²) in [5.41, 5.74) is -0.678. The highest BCUT2D eigenvalue weighted by atomic mass is 32.1. The van der Waals surface area contributed by atoms with Crippen LogP contribution in [0, 0.1) is 6.92 Å². The van der Waals surface area contributed by atoms with Crippen molar-refractivity contribution in [3.05, 3.63) is 51.7 Å². The zero-order valence-electron chi connectivity index (χ0n) is 16.4. The number of rotatable bonds is 5. The van der Waals surface area contributed by atoms with Gasteiger partial charge in [-0.15, -0.1) is 11.3 Å². The van der Waals surface area contributed by atoms with Crippen molar-refractivity contribution in [3.8, 4) is 0 Å². The molecular weight excluding hydrogens is 404 g/mol. The first-order valence-corrected chi connectivity index (χ1v) is 10.8. The quantitative estimate of drug-likeness (QED) is 0.544. The summed E-state index contributed by atoms with van der Waals surface area (Å²) in [4.78, 5) is 56.5. The van der Waals surface area contributed by atoms with Crippen LogP contribution in [0.2, 0.25) is 0 Å². The average molecular weight is 424 g/mol. The lowest BCUT2D eigenvalue weighted by molar-refractivity contribution is -0.156. The Labute approximate surface area is 177 Å². The Morgan fingerprint density at radius 2 is 1.93 bits per heavy atom. The number of ether oxygens (including phenoxy) is 1. The molecular formula is C22H20N2O5S. The number of fused-ring (bicyclic) bond motifs is 3. The molecule has 30 heavy (non-hydrogen) atoms. The monoisotopic (exact) mass is 424 g/mol. The van der Waals surface area contributed by atoms with Crippen molar-refractivity contribution in [2.24, 2.45) is 0 Å². The second kappa shape index (κ2) is 6.77. The van der Waals surface area contributed by atoms with Crippen LogP contribution < -0.4 is 4.90 Å². The fourth-order valence-electron chi connectivity index (χ4n) is 4.41. The highest BCUT2D eigenvalue weighted by Crippen LogP contribution is 2.49. The van der Waals surface area contributed by atoms with Gasteiger partial charge in [-0.25, -0.2) is 4.79 Å². The van der Waals surface area contributed by atoms with E-state index in [1.165, 1.54) is 21.1 Å². The van der Waals surface area contributed by atoms with E-state index in [1.807, 2.05) is 13.0 Å². The molecule has 2 fully saturated rings. The van der Waals surface area contributed by atoms with Crippen molar-refractivity contribution >= 4 is 40.6 Å². The second-order valence-electron chi connectivity index (χ2n) is 7.88. The van der Waals surface area contributed by atoms with Gasteiger partial charge >= 0.3 is 5.97 Å². The Hall–Kier alpha value is -3.00. The van der Waals surface area contributed by atoms with Crippen LogP contribution in [-0.2, 0) is 14.3 Å². The number of anilines is 1. The summed E-state index contributed by atoms with van der Waals surface area (Å²) < 4.78 is 5.46. The number of nitrogens with zero attached hydrogens (tertiary/aromatic N) is 2. The molecule has 2 amide bonds. The topological polar surface area (TPSA) is 84.0 Å². The number of hydrogen-bond donors (Lipinski definition) is 0. The maximum Gasteiger partial charge on any atom is 0.354 e. The van der Waals surface area contributed by atoms with E-state index in [0.29, 0.717) is 16.1 Å². The minimum absolute atomic E-state index is 0.109. The summed E-state index contributed by atoms with van der Waals surface area (Å²) in [7, 11) is 0. The summed E-state index contributed by atoms with van der Waals surface area (Å²) in [5, 5.41) is 0. The Balaban J connectivity index is 1.51. The van der Waals surface area contributed by atoms with Gasteiger partial charge in [0.25, 0.3) is 5.91 Å². The molecule has 0 spiro atoms. The first-order valence-electron chi connectivity index (χ1n) is 9.96. The van der Waals surface area contributed by atoms with Gasteiger partial charge in [0, 0.05) is 23.8 Å². The van der Waals surface area contributed by atoms with Crippen LogP contribution in [0.15, 0.2) is 36.4 Å². The van der Waals surface area contributed by atoms with E-state index in [4.69, 9.17) is 4.74 Å². The molecule has 0 bridgehead atoms. The lowest BCUT2D eigenvalue weighted by Gasteiger charge is -2.48. The van der Waals surface area contributed by atoms with Crippen LogP contribution in [0.25, 0.3) is 0 Å². The van der Waals surface area contributed by atoms with Gasteiger partial charge in [0.1, 0.15) is 0 Å². The molecule has 1 saturated heterocycles. The number of hydrogen-bond acceptors (Lipinski definition) is 6. The minimum atomic E-state index is -1.52. The molecule has 1 atom stereocenters. The number of benzene rings is 1. The second-order valence-corrected chi connectivity index (χ2v) is 9.17. The number of thiophene rings is 1. The molecule has 8 heteroatoms. The number of para-hydroxylation sites is 1. The number of aryl methyl sites for hydroxylation is 1. The molecule has 0 N–H and O–H groups in total. The summed E-state index contributed by atoms with van der Waals surface area (Å²) in [6.07, 6.45) is 1.85. The first kappa shape index (κ1) is 19.0. The molecule has 1 aromatic carbocycles. The van der Waals surface area contributed by atoms with Crippen LogP contribution in [0.3, 0.4) is 0 Å². The molecule has 2 aromatic rings. The van der Waals surface area contributed by atoms with Crippen LogP contribution in [0.4, 0.5) is 5.69 Å². The zero-order valence-corrected chi connectivity index (χ0v) is 17.2. The number of esters is 1. The van der Waals surface area contributed by atoms with Crippen molar-refractivity contribution < 1.29 is 23.9 Å². The lowest BCUT2D eigenvalue weighted by atomic mass is 9.96. The van der Waals surface area contributed by atoms with Crippen molar-refractivity contribution in [1.82, 2.24) is 4.90 Å². The lowest BCUT2D eigenvalue weighted by Crippen LogP contribution is -2.69. The van der Waals surface area contributed by atoms with Gasteiger partial charge in [0.2, 0.25) is 17.4 Å². The van der Waals surface area contributed by atoms with Crippen LogP contribution in [0.5, 0.6) is 0 Å². The molecule has 0 radical (unpaired) electrons. The Morgan fingerprint density at radius 3 is 2.63 bits per heavy atom. The predicted molar refractivity (Wildman–Crippen MR) is 109 cm³/mol. The van der Waals surface area contributed by atoms with Crippen LogP contribution >= 0.6 is 11.3 Å². The molecule has 1 saturated carbocycles. The van der Waals surface area contributed by atoms with Gasteiger partial charge in [-0.3, -0.25) is 19.3 Å². The number of carbonyl (C=O) groups is 4. The highest BCUT2D eigenvalue weighted by molar-refractivity contribution is 7.14. The van der Waals surface area contributed by atoms with Crippen LogP contribution in [-0.4, -0.2) is 46.8 Å². The molecule has 1 aliphatic carbocycles. The number of ketones is 1. The molecule has 1 aromatic heterocycles. The third-order valence-corrected chi connectivity index (χ3v) is 6.93. The third-order valence-electron chi connectivity index (χ3n) is 5.89. The van der Waals surface area contributed by atoms with Crippen molar-refractivity contribution in [3.63, 3.8) is 0 Å². The van der Waals surface area contributed by atoms with Gasteiger partial charge in [-0.1, -0.05) is 12.1 Å². The van der Waals surface area contributed by atoms with Crippen molar-refractivity contribution in [2.45, 2.75) is 44.3 Å². The predicted octanol–water partition coefficient (Wildman–Crippen LogP) is 2.92. The van der Waals surface area contributed by atoms with Crippen LogP contribution in [0.1, 0.15) is 50.6 Å². The average Bonchev–Trinajstić information content (AvgIpc) is 3.38. The van der Waals surface area contributed by atoms with Gasteiger partial charge in [-0.05, 0) is 44.0 Å². The largest absolute Gasteiger partial charge is 0.454 e. The molecule has 5 rings (SSSR count). The zero-order chi connectivity index (χ0) is 21.0. The van der Waals surface area contributed by atoms with E-state index >= 15 is 0 Å². The van der Waals surface area contributed by atoms with E-state index in [-0.39, 0.29) is 36.5 Å². The summed E-state index contributed by atoms with van der Waals surface area (Å²) >= 11 is 1.34. The van der Waals surface area contributed by atoms with E-state index in [2.05, 4.69) is 0 Å². The maximum absolute atomic E-state index is 13.4. The van der Waals surface area contributed by atoms with Gasteiger partial charge in [-0.2, -0.15) is 0 Å². The SMILES string of the molecule is Cc1ccc(C(=O)COC(=O)[C@]23CCC(=O)N2c2ccccc2C(=O)N3C2CC2)s1. The standard InChI is InChI=1S/C22H20N2O5S/c1-13-6-9-18(30-13)17(25)12-29-21(28)22-11-10-19(26)24(22)16-5-3-2-4-15(16)20(27)23(22)14-7-8-14/h2-6,9,14H,7-8,10-12H2,1H3/t22-/m0/s1. The molecule has 7 nitrogen and oxygen atoms in total. The summed E-state index contributed by atoms with van der Waals surface area (Å²) in [6, 6.07) is 10.3. The van der Waals surface area contributed by atoms with E-state index in [0.717, 1.165) is 17.7 Å². The minimum Gasteiger partial charge on any atom is -0.454 e. The van der Waals surface area contributed by atoms with Crippen molar-refractivity contribution in [1.29, 1.82) is 0 Å². The Kier molecular flexibility index (Phi) is 4.28. The number of carbonyl (C=O) groups excluding carboxylic acids is 4. The van der Waals surface area contributed by atoms with E-state index < -0.39 is 18.2 Å². The molecule has 154 valence electrons. The summed E-state index contributed by atoms with van der Waals surface area (Å²) in [5.74, 6) is -1.51. The maximum atomic E-state index is 13.4. The molecule has 2 aliphatic heterocycles. The molecule has 3 heterocycles. The fourth-order valence-corrected chi connectivity index (χ4v) is 5.21.